The van der Waals surface area contributed by atoms with E-state index in [4.69, 9.17) is 0 Å². The van der Waals surface area contributed by atoms with Gasteiger partial charge in [0.25, 0.3) is 0 Å². The van der Waals surface area contributed by atoms with Crippen LogP contribution < -0.4 is 0 Å². The molecule has 0 N–H and O–H groups in total. The molecule has 0 amide bonds. The SMILES string of the molecule is C.CC1CC1(C)C. The molecule has 0 nitrogen and oxygen atoms in total. The van der Waals surface area contributed by atoms with E-state index in [-0.39, 0.29) is 7.43 Å². The third kappa shape index (κ3) is 1.19. The van der Waals surface area contributed by atoms with Gasteiger partial charge in [-0.05, 0) is 17.8 Å². The number of rotatable bonds is 0. The average molecular weight is 100 g/mol. The molecule has 0 radical (unpaired) electrons. The summed E-state index contributed by atoms with van der Waals surface area (Å²) in [6.45, 7) is 6.94. The lowest BCUT2D eigenvalue weighted by atomic mass is 10.1. The highest BCUT2D eigenvalue weighted by Crippen LogP contribution is 2.50. The second-order valence-corrected chi connectivity index (χ2v) is 3.09. The van der Waals surface area contributed by atoms with Crippen LogP contribution in [0, 0.1) is 11.3 Å². The minimum absolute atomic E-state index is 0. The molecule has 1 saturated carbocycles. The molecular weight excluding hydrogens is 84.1 g/mol. The maximum Gasteiger partial charge on any atom is -0.0326 e. The van der Waals surface area contributed by atoms with Gasteiger partial charge < -0.3 is 0 Å². The molecule has 1 aliphatic carbocycles. The Labute approximate surface area is 46.9 Å². The highest BCUT2D eigenvalue weighted by Gasteiger charge is 2.41. The standard InChI is InChI=1S/C6H12.CH4/c1-5-4-6(5,2)3;/h5H,4H2,1-3H3;1H4. The van der Waals surface area contributed by atoms with Crippen LogP contribution in [0.25, 0.3) is 0 Å². The Morgan fingerprint density at radius 2 is 1.57 bits per heavy atom. The first-order valence-electron chi connectivity index (χ1n) is 2.63. The summed E-state index contributed by atoms with van der Waals surface area (Å²) < 4.78 is 0. The highest BCUT2D eigenvalue weighted by molar-refractivity contribution is 4.91. The number of hydrogen-bond acceptors (Lipinski definition) is 0. The highest BCUT2D eigenvalue weighted by atomic mass is 14.5. The van der Waals surface area contributed by atoms with Crippen LogP contribution in [0.15, 0.2) is 0 Å². The second-order valence-electron chi connectivity index (χ2n) is 3.09. The van der Waals surface area contributed by atoms with Gasteiger partial charge in [0.1, 0.15) is 0 Å². The van der Waals surface area contributed by atoms with E-state index in [9.17, 15) is 0 Å². The van der Waals surface area contributed by atoms with Gasteiger partial charge in [0.05, 0.1) is 0 Å². The van der Waals surface area contributed by atoms with Gasteiger partial charge in [0.2, 0.25) is 0 Å². The van der Waals surface area contributed by atoms with Crippen molar-refractivity contribution in [1.82, 2.24) is 0 Å². The van der Waals surface area contributed by atoms with Crippen LogP contribution in [-0.4, -0.2) is 0 Å². The zero-order valence-corrected chi connectivity index (χ0v) is 4.78. The van der Waals surface area contributed by atoms with Gasteiger partial charge in [-0.3, -0.25) is 0 Å². The van der Waals surface area contributed by atoms with Gasteiger partial charge in [0, 0.05) is 0 Å². The molecule has 0 aromatic rings. The largest absolute Gasteiger partial charge is 0.0776 e. The van der Waals surface area contributed by atoms with E-state index in [1.165, 1.54) is 6.42 Å². The maximum atomic E-state index is 2.32. The molecule has 0 saturated heterocycles. The lowest BCUT2D eigenvalue weighted by molar-refractivity contribution is 0.586. The van der Waals surface area contributed by atoms with Gasteiger partial charge in [-0.15, -0.1) is 0 Å². The van der Waals surface area contributed by atoms with E-state index in [0.717, 1.165) is 5.92 Å². The Balaban J connectivity index is 0.000000360. The van der Waals surface area contributed by atoms with Crippen LogP contribution in [0.1, 0.15) is 34.6 Å². The first kappa shape index (κ1) is 7.00. The molecule has 1 aliphatic rings. The van der Waals surface area contributed by atoms with Crippen molar-refractivity contribution in [3.05, 3.63) is 0 Å². The van der Waals surface area contributed by atoms with Crippen LogP contribution in [0.5, 0.6) is 0 Å². The Hall–Kier alpha value is 0. The molecule has 1 rings (SSSR count). The Kier molecular flexibility index (Phi) is 1.50. The molecule has 0 aromatic carbocycles. The predicted octanol–water partition coefficient (Wildman–Crippen LogP) is 2.69. The molecule has 0 aliphatic heterocycles. The molecule has 1 unspecified atom stereocenters. The second kappa shape index (κ2) is 1.50. The zero-order chi connectivity index (χ0) is 4.78. The topological polar surface area (TPSA) is 0 Å². The van der Waals surface area contributed by atoms with Gasteiger partial charge in [-0.1, -0.05) is 28.2 Å². The smallest absolute Gasteiger partial charge is 0.0326 e. The Morgan fingerprint density at radius 3 is 1.57 bits per heavy atom. The van der Waals surface area contributed by atoms with Gasteiger partial charge in [0.15, 0.2) is 0 Å². The summed E-state index contributed by atoms with van der Waals surface area (Å²) >= 11 is 0. The molecule has 7 heavy (non-hydrogen) atoms. The van der Waals surface area contributed by atoms with Gasteiger partial charge >= 0.3 is 0 Å². The minimum Gasteiger partial charge on any atom is -0.0776 e. The van der Waals surface area contributed by atoms with E-state index in [1.807, 2.05) is 0 Å². The molecule has 0 spiro atoms. The third-order valence-electron chi connectivity index (χ3n) is 2.01. The molecule has 0 bridgehead atoms. The summed E-state index contributed by atoms with van der Waals surface area (Å²) in [6.07, 6.45) is 1.44. The fourth-order valence-corrected chi connectivity index (χ4v) is 0.730. The number of hydrogen-bond donors (Lipinski definition) is 0. The summed E-state index contributed by atoms with van der Waals surface area (Å²) in [5.74, 6) is 0.998. The normalized spacial score (nSPS) is 33.9. The first-order valence-corrected chi connectivity index (χ1v) is 2.63. The van der Waals surface area contributed by atoms with Gasteiger partial charge in [-0.25, -0.2) is 0 Å². The molecule has 1 fully saturated rings. The van der Waals surface area contributed by atoms with Crippen molar-refractivity contribution in [2.45, 2.75) is 34.6 Å². The quantitative estimate of drug-likeness (QED) is 0.439. The van der Waals surface area contributed by atoms with E-state index in [1.54, 1.807) is 0 Å². The Morgan fingerprint density at radius 1 is 1.43 bits per heavy atom. The van der Waals surface area contributed by atoms with Crippen LogP contribution in [0.3, 0.4) is 0 Å². The summed E-state index contributed by atoms with van der Waals surface area (Å²) in [4.78, 5) is 0. The fourth-order valence-electron chi connectivity index (χ4n) is 0.730. The average Bonchev–Trinajstić information content (AvgIpc) is 1.73. The molecule has 44 valence electrons. The summed E-state index contributed by atoms with van der Waals surface area (Å²) in [5.41, 5.74) is 0.708. The maximum absolute atomic E-state index is 2.32. The van der Waals surface area contributed by atoms with Crippen LogP contribution in [-0.2, 0) is 0 Å². The molecule has 1 atom stereocenters. The lowest BCUT2D eigenvalue weighted by Crippen LogP contribution is -1.82. The summed E-state index contributed by atoms with van der Waals surface area (Å²) in [7, 11) is 0. The van der Waals surface area contributed by atoms with E-state index in [0.29, 0.717) is 5.41 Å². The van der Waals surface area contributed by atoms with Crippen molar-refractivity contribution >= 4 is 0 Å². The molecule has 0 heterocycles. The van der Waals surface area contributed by atoms with Crippen LogP contribution in [0.2, 0.25) is 0 Å². The van der Waals surface area contributed by atoms with E-state index in [2.05, 4.69) is 20.8 Å². The van der Waals surface area contributed by atoms with Crippen molar-refractivity contribution in [2.75, 3.05) is 0 Å². The molecular formula is C7H16. The van der Waals surface area contributed by atoms with E-state index >= 15 is 0 Å². The third-order valence-corrected chi connectivity index (χ3v) is 2.01. The monoisotopic (exact) mass is 100 g/mol. The van der Waals surface area contributed by atoms with Crippen molar-refractivity contribution in [1.29, 1.82) is 0 Å². The van der Waals surface area contributed by atoms with Gasteiger partial charge in [-0.2, -0.15) is 0 Å². The zero-order valence-electron chi connectivity index (χ0n) is 4.78. The summed E-state index contributed by atoms with van der Waals surface area (Å²) in [5, 5.41) is 0. The minimum atomic E-state index is 0. The van der Waals surface area contributed by atoms with Crippen molar-refractivity contribution < 1.29 is 0 Å². The predicted molar refractivity (Wildman–Crippen MR) is 34.3 cm³/mol. The fraction of sp³-hybridized carbons (Fsp3) is 1.00. The Bertz CT molecular complexity index is 62.4. The molecule has 0 aromatic heterocycles. The summed E-state index contributed by atoms with van der Waals surface area (Å²) in [6, 6.07) is 0. The first-order chi connectivity index (χ1) is 2.63. The van der Waals surface area contributed by atoms with Crippen LogP contribution in [0.4, 0.5) is 0 Å². The van der Waals surface area contributed by atoms with Crippen molar-refractivity contribution in [2.24, 2.45) is 11.3 Å². The van der Waals surface area contributed by atoms with Crippen LogP contribution >= 0.6 is 0 Å². The van der Waals surface area contributed by atoms with Crippen molar-refractivity contribution in [3.63, 3.8) is 0 Å². The lowest BCUT2D eigenvalue weighted by Gasteiger charge is -1.91. The van der Waals surface area contributed by atoms with E-state index < -0.39 is 0 Å². The van der Waals surface area contributed by atoms with Crippen molar-refractivity contribution in [3.8, 4) is 0 Å². The molecule has 0 heteroatoms.